The molecular formula is C14H15ClN2O2S. The molecule has 1 aromatic heterocycles. The Kier molecular flexibility index (Phi) is 4.98. The third-order valence-electron chi connectivity index (χ3n) is 2.65. The highest BCUT2D eigenvalue weighted by atomic mass is 35.5. The molecule has 0 bridgehead atoms. The fourth-order valence-electron chi connectivity index (χ4n) is 1.47. The van der Waals surface area contributed by atoms with E-state index < -0.39 is 0 Å². The maximum atomic E-state index is 11.4. The first-order valence-electron chi connectivity index (χ1n) is 6.04. The molecule has 0 aliphatic rings. The summed E-state index contributed by atoms with van der Waals surface area (Å²) in [6.45, 7) is 0.0417. The van der Waals surface area contributed by atoms with Crippen molar-refractivity contribution in [2.45, 2.75) is 5.88 Å². The Balaban J connectivity index is 2.01. The number of hydrogen-bond donors (Lipinski definition) is 0. The van der Waals surface area contributed by atoms with Crippen LogP contribution in [0.25, 0.3) is 10.6 Å². The number of alkyl halides is 1. The molecule has 0 aliphatic carbocycles. The topological polar surface area (TPSA) is 42.4 Å². The first-order chi connectivity index (χ1) is 9.60. The van der Waals surface area contributed by atoms with Crippen molar-refractivity contribution in [1.29, 1.82) is 0 Å². The second-order valence-electron chi connectivity index (χ2n) is 4.38. The third kappa shape index (κ3) is 3.71. The smallest absolute Gasteiger partial charge is 0.259 e. The van der Waals surface area contributed by atoms with Gasteiger partial charge in [-0.1, -0.05) is 0 Å². The summed E-state index contributed by atoms with van der Waals surface area (Å²) in [5.74, 6) is 1.02. The number of benzene rings is 1. The van der Waals surface area contributed by atoms with Crippen LogP contribution in [-0.2, 0) is 10.7 Å². The van der Waals surface area contributed by atoms with Gasteiger partial charge in [0.05, 0.1) is 11.6 Å². The molecule has 1 amide bonds. The van der Waals surface area contributed by atoms with Gasteiger partial charge in [-0.25, -0.2) is 4.98 Å². The summed E-state index contributed by atoms with van der Waals surface area (Å²) < 4.78 is 5.42. The number of carbonyl (C=O) groups excluding carboxylic acids is 1. The highest BCUT2D eigenvalue weighted by molar-refractivity contribution is 7.13. The molecule has 0 saturated heterocycles. The zero-order valence-electron chi connectivity index (χ0n) is 11.3. The quantitative estimate of drug-likeness (QED) is 0.797. The Morgan fingerprint density at radius 1 is 1.35 bits per heavy atom. The van der Waals surface area contributed by atoms with Crippen molar-refractivity contribution < 1.29 is 9.53 Å². The monoisotopic (exact) mass is 310 g/mol. The molecule has 0 saturated carbocycles. The molecule has 2 rings (SSSR count). The van der Waals surface area contributed by atoms with E-state index in [-0.39, 0.29) is 12.5 Å². The molecule has 0 aliphatic heterocycles. The van der Waals surface area contributed by atoms with Gasteiger partial charge in [-0.2, -0.15) is 0 Å². The maximum absolute atomic E-state index is 11.4. The third-order valence-corrected chi connectivity index (χ3v) is 3.87. The van der Waals surface area contributed by atoms with Crippen LogP contribution in [0.15, 0.2) is 29.6 Å². The molecule has 0 atom stereocenters. The average molecular weight is 311 g/mol. The molecular weight excluding hydrogens is 296 g/mol. The highest BCUT2D eigenvalue weighted by Crippen LogP contribution is 2.26. The molecule has 0 fully saturated rings. The number of thiazole rings is 1. The van der Waals surface area contributed by atoms with Gasteiger partial charge in [0.25, 0.3) is 5.91 Å². The number of likely N-dealkylation sites (N-methyl/N-ethyl adjacent to an activating group) is 1. The largest absolute Gasteiger partial charge is 0.484 e. The lowest BCUT2D eigenvalue weighted by Gasteiger charge is -2.11. The highest BCUT2D eigenvalue weighted by Gasteiger charge is 2.07. The second-order valence-corrected chi connectivity index (χ2v) is 5.50. The molecule has 0 N–H and O–H groups in total. The van der Waals surface area contributed by atoms with Gasteiger partial charge >= 0.3 is 0 Å². The SMILES string of the molecule is CN(C)C(=O)COc1ccc(-c2nc(CCl)cs2)cc1. The molecule has 0 unspecified atom stereocenters. The molecule has 1 heterocycles. The lowest BCUT2D eigenvalue weighted by atomic mass is 10.2. The van der Waals surface area contributed by atoms with E-state index in [9.17, 15) is 4.79 Å². The average Bonchev–Trinajstić information content (AvgIpc) is 2.94. The molecule has 0 radical (unpaired) electrons. The van der Waals surface area contributed by atoms with Crippen molar-refractivity contribution in [1.82, 2.24) is 9.88 Å². The molecule has 1 aromatic carbocycles. The van der Waals surface area contributed by atoms with Crippen LogP contribution < -0.4 is 4.74 Å². The van der Waals surface area contributed by atoms with Crippen LogP contribution in [0.3, 0.4) is 0 Å². The number of rotatable bonds is 5. The molecule has 0 spiro atoms. The van der Waals surface area contributed by atoms with Crippen molar-refractivity contribution in [3.05, 3.63) is 35.3 Å². The number of ether oxygens (including phenoxy) is 1. The van der Waals surface area contributed by atoms with Crippen LogP contribution in [-0.4, -0.2) is 36.5 Å². The molecule has 20 heavy (non-hydrogen) atoms. The van der Waals surface area contributed by atoms with Gasteiger partial charge in [0, 0.05) is 25.0 Å². The van der Waals surface area contributed by atoms with E-state index in [0.29, 0.717) is 11.6 Å². The zero-order valence-corrected chi connectivity index (χ0v) is 12.9. The van der Waals surface area contributed by atoms with Gasteiger partial charge in [-0.3, -0.25) is 4.79 Å². The molecule has 106 valence electrons. The Morgan fingerprint density at radius 2 is 2.05 bits per heavy atom. The number of aromatic nitrogens is 1. The molecule has 6 heteroatoms. The van der Waals surface area contributed by atoms with Gasteiger partial charge < -0.3 is 9.64 Å². The fourth-order valence-corrected chi connectivity index (χ4v) is 2.52. The van der Waals surface area contributed by atoms with Crippen LogP contribution in [0.5, 0.6) is 5.75 Å². The minimum atomic E-state index is -0.0687. The summed E-state index contributed by atoms with van der Waals surface area (Å²) in [6.07, 6.45) is 0. The Hall–Kier alpha value is -1.59. The van der Waals surface area contributed by atoms with E-state index in [4.69, 9.17) is 16.3 Å². The van der Waals surface area contributed by atoms with E-state index in [2.05, 4.69) is 4.98 Å². The number of halogens is 1. The van der Waals surface area contributed by atoms with Gasteiger partial charge in [0.1, 0.15) is 10.8 Å². The Morgan fingerprint density at radius 3 is 2.60 bits per heavy atom. The lowest BCUT2D eigenvalue weighted by Crippen LogP contribution is -2.27. The van der Waals surface area contributed by atoms with Crippen molar-refractivity contribution >= 4 is 28.8 Å². The number of nitrogens with zero attached hydrogens (tertiary/aromatic N) is 2. The van der Waals surface area contributed by atoms with Crippen LogP contribution in [0, 0.1) is 0 Å². The molecule has 4 nitrogen and oxygen atoms in total. The van der Waals surface area contributed by atoms with Crippen molar-refractivity contribution in [3.8, 4) is 16.3 Å². The van der Waals surface area contributed by atoms with Crippen LogP contribution in [0.1, 0.15) is 5.69 Å². The number of amides is 1. The van der Waals surface area contributed by atoms with Crippen LogP contribution >= 0.6 is 22.9 Å². The van der Waals surface area contributed by atoms with Crippen LogP contribution in [0.2, 0.25) is 0 Å². The summed E-state index contributed by atoms with van der Waals surface area (Å²) in [7, 11) is 3.40. The Bertz CT molecular complexity index is 581. The van der Waals surface area contributed by atoms with Gasteiger partial charge in [0.15, 0.2) is 6.61 Å². The zero-order chi connectivity index (χ0) is 14.5. The minimum absolute atomic E-state index is 0.0417. The first-order valence-corrected chi connectivity index (χ1v) is 7.45. The summed E-state index contributed by atoms with van der Waals surface area (Å²) >= 11 is 7.30. The summed E-state index contributed by atoms with van der Waals surface area (Å²) in [6, 6.07) is 7.51. The lowest BCUT2D eigenvalue weighted by molar-refractivity contribution is -0.130. The Labute approximate surface area is 127 Å². The fraction of sp³-hybridized carbons (Fsp3) is 0.286. The van der Waals surface area contributed by atoms with Gasteiger partial charge in [-0.15, -0.1) is 22.9 Å². The predicted octanol–water partition coefficient (Wildman–Crippen LogP) is 3.02. The van der Waals surface area contributed by atoms with Crippen LogP contribution in [0.4, 0.5) is 0 Å². The number of carbonyl (C=O) groups is 1. The van der Waals surface area contributed by atoms with Crippen molar-refractivity contribution in [2.24, 2.45) is 0 Å². The normalized spacial score (nSPS) is 10.3. The second kappa shape index (κ2) is 6.72. The van der Waals surface area contributed by atoms with Gasteiger partial charge in [0.2, 0.25) is 0 Å². The van der Waals surface area contributed by atoms with Gasteiger partial charge in [-0.05, 0) is 24.3 Å². The standard InChI is InChI=1S/C14H15ClN2O2S/c1-17(2)13(18)8-19-12-5-3-10(4-6-12)14-16-11(7-15)9-20-14/h3-6,9H,7-8H2,1-2H3. The van der Waals surface area contributed by atoms with Crippen molar-refractivity contribution in [2.75, 3.05) is 20.7 Å². The summed E-state index contributed by atoms with van der Waals surface area (Å²) in [5, 5.41) is 2.87. The predicted molar refractivity (Wildman–Crippen MR) is 81.3 cm³/mol. The van der Waals surface area contributed by atoms with Crippen molar-refractivity contribution in [3.63, 3.8) is 0 Å². The maximum Gasteiger partial charge on any atom is 0.259 e. The van der Waals surface area contributed by atoms with E-state index in [0.717, 1.165) is 16.3 Å². The van der Waals surface area contributed by atoms with E-state index >= 15 is 0 Å². The molecule has 2 aromatic rings. The first kappa shape index (κ1) is 14.8. The van der Waals surface area contributed by atoms with E-state index in [1.807, 2.05) is 29.6 Å². The number of hydrogen-bond acceptors (Lipinski definition) is 4. The summed E-state index contributed by atoms with van der Waals surface area (Å²) in [5.41, 5.74) is 1.89. The van der Waals surface area contributed by atoms with E-state index in [1.54, 1.807) is 25.4 Å². The van der Waals surface area contributed by atoms with E-state index in [1.165, 1.54) is 4.90 Å². The summed E-state index contributed by atoms with van der Waals surface area (Å²) in [4.78, 5) is 17.3. The minimum Gasteiger partial charge on any atom is -0.484 e.